The molecule has 5 nitrogen and oxygen atoms in total. The molecule has 2 rings (SSSR count). The summed E-state index contributed by atoms with van der Waals surface area (Å²) in [5.74, 6) is 0.758. The fourth-order valence-corrected chi connectivity index (χ4v) is 2.27. The van der Waals surface area contributed by atoms with E-state index in [1.807, 2.05) is 30.3 Å². The van der Waals surface area contributed by atoms with Gasteiger partial charge in [-0.25, -0.2) is 0 Å². The summed E-state index contributed by atoms with van der Waals surface area (Å²) in [6, 6.07) is 16.1. The lowest BCUT2D eigenvalue weighted by molar-refractivity contribution is -0.384. The molecule has 0 aliphatic carbocycles. The van der Waals surface area contributed by atoms with Gasteiger partial charge in [0, 0.05) is 29.6 Å². The molecule has 0 atom stereocenters. The van der Waals surface area contributed by atoms with Crippen molar-refractivity contribution in [1.29, 1.82) is 0 Å². The number of nitro groups is 1. The molecule has 1 N–H and O–H groups in total. The fraction of sp³-hybridized carbons (Fsp3) is 0.0714. The molecule has 0 radical (unpaired) electrons. The Hall–Kier alpha value is -2.34. The van der Waals surface area contributed by atoms with Gasteiger partial charge < -0.3 is 4.72 Å². The summed E-state index contributed by atoms with van der Waals surface area (Å²) in [4.78, 5) is 15.2. The average Bonchev–Trinajstić information content (AvgIpc) is 2.49. The summed E-state index contributed by atoms with van der Waals surface area (Å²) < 4.78 is 3.15. The molecule has 0 spiro atoms. The second-order valence-corrected chi connectivity index (χ2v) is 4.77. The van der Waals surface area contributed by atoms with Crippen LogP contribution in [0.25, 0.3) is 0 Å². The van der Waals surface area contributed by atoms with E-state index in [0.29, 0.717) is 0 Å². The van der Waals surface area contributed by atoms with E-state index in [-0.39, 0.29) is 5.69 Å². The van der Waals surface area contributed by atoms with Crippen LogP contribution >= 0.6 is 11.9 Å². The Morgan fingerprint density at radius 2 is 1.80 bits per heavy atom. The van der Waals surface area contributed by atoms with Gasteiger partial charge in [-0.15, -0.1) is 0 Å². The van der Waals surface area contributed by atoms with Gasteiger partial charge in [0.15, 0.2) is 0 Å². The normalized spacial score (nSPS) is 11.2. The van der Waals surface area contributed by atoms with Crippen LogP contribution in [0.5, 0.6) is 0 Å². The predicted octanol–water partition coefficient (Wildman–Crippen LogP) is 3.27. The third-order valence-corrected chi connectivity index (χ3v) is 3.39. The molecule has 0 unspecified atom stereocenters. The van der Waals surface area contributed by atoms with Gasteiger partial charge in [-0.05, 0) is 24.1 Å². The predicted molar refractivity (Wildman–Crippen MR) is 81.0 cm³/mol. The van der Waals surface area contributed by atoms with Crippen LogP contribution < -0.4 is 4.72 Å². The zero-order valence-electron chi connectivity index (χ0n) is 10.8. The summed E-state index contributed by atoms with van der Waals surface area (Å²) in [5, 5.41) is 10.6. The number of nitrogens with one attached hydrogen (secondary N) is 1. The molecular formula is C14H13N3O2S. The molecule has 0 aliphatic rings. The maximum Gasteiger partial charge on any atom is 0.269 e. The molecule has 0 fully saturated rings. The number of benzene rings is 2. The number of aliphatic imine (C=N–C) groups is 1. The Kier molecular flexibility index (Phi) is 4.73. The molecule has 0 aliphatic heterocycles. The van der Waals surface area contributed by atoms with Gasteiger partial charge in [0.05, 0.1) is 4.92 Å². The Labute approximate surface area is 121 Å². The van der Waals surface area contributed by atoms with Crippen LogP contribution in [-0.4, -0.2) is 17.8 Å². The van der Waals surface area contributed by atoms with Crippen LogP contribution in [0.2, 0.25) is 0 Å². The molecule has 6 heteroatoms. The summed E-state index contributed by atoms with van der Waals surface area (Å²) >= 11 is 1.36. The monoisotopic (exact) mass is 287 g/mol. The minimum Gasteiger partial charge on any atom is -0.310 e. The van der Waals surface area contributed by atoms with Gasteiger partial charge in [-0.1, -0.05) is 30.3 Å². The fourth-order valence-electron chi connectivity index (χ4n) is 1.57. The van der Waals surface area contributed by atoms with Crippen LogP contribution in [-0.2, 0) is 0 Å². The first-order valence-corrected chi connectivity index (χ1v) is 6.72. The highest BCUT2D eigenvalue weighted by atomic mass is 32.2. The van der Waals surface area contributed by atoms with Crippen LogP contribution in [0.1, 0.15) is 5.56 Å². The SMILES string of the molecule is CN=C(NSc1ccc([N+](=O)[O-])cc1)c1ccccc1. The van der Waals surface area contributed by atoms with Crippen molar-refractivity contribution in [2.75, 3.05) is 7.05 Å². The molecule has 2 aromatic rings. The highest BCUT2D eigenvalue weighted by molar-refractivity contribution is 7.98. The third kappa shape index (κ3) is 3.58. The Balaban J connectivity index is 2.02. The van der Waals surface area contributed by atoms with Crippen LogP contribution in [0.3, 0.4) is 0 Å². The lowest BCUT2D eigenvalue weighted by Gasteiger charge is -2.08. The average molecular weight is 287 g/mol. The number of hydrogen-bond donors (Lipinski definition) is 1. The Morgan fingerprint density at radius 1 is 1.15 bits per heavy atom. The zero-order chi connectivity index (χ0) is 14.4. The first-order chi connectivity index (χ1) is 9.70. The van der Waals surface area contributed by atoms with Crippen molar-refractivity contribution in [2.45, 2.75) is 4.90 Å². The summed E-state index contributed by atoms with van der Waals surface area (Å²) in [6.45, 7) is 0. The molecule has 0 heterocycles. The number of rotatable bonds is 4. The topological polar surface area (TPSA) is 67.5 Å². The number of non-ortho nitro benzene ring substituents is 1. The van der Waals surface area contributed by atoms with E-state index >= 15 is 0 Å². The smallest absolute Gasteiger partial charge is 0.269 e. The largest absolute Gasteiger partial charge is 0.310 e. The maximum atomic E-state index is 10.6. The van der Waals surface area contributed by atoms with Gasteiger partial charge in [-0.2, -0.15) is 0 Å². The van der Waals surface area contributed by atoms with Crippen molar-refractivity contribution in [3.63, 3.8) is 0 Å². The number of nitrogens with zero attached hydrogens (tertiary/aromatic N) is 2. The second-order valence-electron chi connectivity index (χ2n) is 3.89. The van der Waals surface area contributed by atoms with Gasteiger partial charge >= 0.3 is 0 Å². The molecule has 0 bridgehead atoms. The maximum absolute atomic E-state index is 10.6. The third-order valence-electron chi connectivity index (χ3n) is 2.58. The molecule has 0 saturated heterocycles. The molecule has 0 amide bonds. The van der Waals surface area contributed by atoms with Crippen molar-refractivity contribution in [3.05, 3.63) is 70.3 Å². The highest BCUT2D eigenvalue weighted by Crippen LogP contribution is 2.19. The van der Waals surface area contributed by atoms with Crippen molar-refractivity contribution >= 4 is 23.5 Å². The zero-order valence-corrected chi connectivity index (χ0v) is 11.6. The van der Waals surface area contributed by atoms with E-state index in [4.69, 9.17) is 0 Å². The van der Waals surface area contributed by atoms with Gasteiger partial charge in [0.1, 0.15) is 5.84 Å². The quantitative estimate of drug-likeness (QED) is 0.308. The van der Waals surface area contributed by atoms with E-state index < -0.39 is 4.92 Å². The van der Waals surface area contributed by atoms with Gasteiger partial charge in [0.25, 0.3) is 5.69 Å². The standard InChI is InChI=1S/C14H13N3O2S/c1-15-14(11-5-3-2-4-6-11)16-20-13-9-7-12(8-10-13)17(18)19/h2-10H,1H3,(H,15,16). The first kappa shape index (κ1) is 14.1. The van der Waals surface area contributed by atoms with E-state index in [9.17, 15) is 10.1 Å². The Bertz CT molecular complexity index is 612. The molecular weight excluding hydrogens is 274 g/mol. The summed E-state index contributed by atoms with van der Waals surface area (Å²) in [6.07, 6.45) is 0. The number of nitro benzene ring substituents is 1. The van der Waals surface area contributed by atoms with E-state index in [1.54, 1.807) is 19.2 Å². The summed E-state index contributed by atoms with van der Waals surface area (Å²) in [7, 11) is 1.71. The van der Waals surface area contributed by atoms with E-state index in [2.05, 4.69) is 9.71 Å². The van der Waals surface area contributed by atoms with Crippen LogP contribution in [0.4, 0.5) is 5.69 Å². The second kappa shape index (κ2) is 6.72. The van der Waals surface area contributed by atoms with E-state index in [0.717, 1.165) is 16.3 Å². The summed E-state index contributed by atoms with van der Waals surface area (Å²) in [5.41, 5.74) is 1.08. The minimum absolute atomic E-state index is 0.0850. The van der Waals surface area contributed by atoms with Gasteiger partial charge in [-0.3, -0.25) is 15.1 Å². The highest BCUT2D eigenvalue weighted by Gasteiger charge is 2.06. The minimum atomic E-state index is -0.412. The molecule has 102 valence electrons. The number of hydrogen-bond acceptors (Lipinski definition) is 4. The van der Waals surface area contributed by atoms with Crippen LogP contribution in [0.15, 0.2) is 64.5 Å². The van der Waals surface area contributed by atoms with Gasteiger partial charge in [0.2, 0.25) is 0 Å². The first-order valence-electron chi connectivity index (χ1n) is 5.90. The van der Waals surface area contributed by atoms with Crippen molar-refractivity contribution in [3.8, 4) is 0 Å². The van der Waals surface area contributed by atoms with Crippen molar-refractivity contribution in [2.24, 2.45) is 4.99 Å². The molecule has 20 heavy (non-hydrogen) atoms. The number of amidine groups is 1. The van der Waals surface area contributed by atoms with Crippen molar-refractivity contribution < 1.29 is 4.92 Å². The van der Waals surface area contributed by atoms with Crippen molar-refractivity contribution in [1.82, 2.24) is 4.72 Å². The lowest BCUT2D eigenvalue weighted by atomic mass is 10.2. The molecule has 0 aromatic heterocycles. The lowest BCUT2D eigenvalue weighted by Crippen LogP contribution is -2.16. The molecule has 0 saturated carbocycles. The van der Waals surface area contributed by atoms with Crippen LogP contribution in [0, 0.1) is 10.1 Å². The molecule has 2 aromatic carbocycles. The van der Waals surface area contributed by atoms with E-state index in [1.165, 1.54) is 24.1 Å². The Morgan fingerprint density at radius 3 is 2.35 bits per heavy atom.